The number of aromatic nitrogens is 2. The van der Waals surface area contributed by atoms with Crippen LogP contribution < -0.4 is 0 Å². The summed E-state index contributed by atoms with van der Waals surface area (Å²) in [6.45, 7) is 1.96. The lowest BCUT2D eigenvalue weighted by molar-refractivity contribution is -0.265. The number of benzene rings is 2. The normalized spacial score (nSPS) is 25.7. The van der Waals surface area contributed by atoms with Crippen molar-refractivity contribution in [1.29, 1.82) is 0 Å². The Balaban J connectivity index is 1.30. The highest BCUT2D eigenvalue weighted by atomic mass is 19.4. The van der Waals surface area contributed by atoms with Crippen molar-refractivity contribution in [3.63, 3.8) is 0 Å². The second-order valence-electron chi connectivity index (χ2n) is 9.47. The second kappa shape index (κ2) is 10.5. The van der Waals surface area contributed by atoms with E-state index in [0.717, 1.165) is 36.1 Å². The third-order valence-electron chi connectivity index (χ3n) is 7.04. The van der Waals surface area contributed by atoms with E-state index in [1.54, 1.807) is 32.5 Å². The molecule has 1 unspecified atom stereocenters. The van der Waals surface area contributed by atoms with E-state index in [0.29, 0.717) is 17.7 Å². The molecular formula is C28H29F3N2O4. The molecule has 3 aromatic rings. The minimum absolute atomic E-state index is 0.0230. The maximum atomic E-state index is 13.2. The van der Waals surface area contributed by atoms with E-state index >= 15 is 0 Å². The molecule has 2 aliphatic rings. The molecule has 0 bridgehead atoms. The maximum absolute atomic E-state index is 13.2. The van der Waals surface area contributed by atoms with Gasteiger partial charge in [-0.25, -0.2) is 9.97 Å². The van der Waals surface area contributed by atoms with Gasteiger partial charge < -0.3 is 18.9 Å². The first-order chi connectivity index (χ1) is 17.7. The molecule has 1 aliphatic carbocycles. The van der Waals surface area contributed by atoms with E-state index < -0.39 is 11.7 Å². The van der Waals surface area contributed by atoms with Crippen LogP contribution in [0.3, 0.4) is 0 Å². The second-order valence-corrected chi connectivity index (χ2v) is 9.47. The lowest BCUT2D eigenvalue weighted by Crippen LogP contribution is -2.50. The minimum Gasteiger partial charge on any atom is -0.378 e. The molecule has 2 aromatic carbocycles. The standard InChI is InChI=1S/C28H29F3N2O4/c1-16-26(35-3)24(34-2)15-25(36-16)37-22-13-17-7-8-18(11-20(17)14-22)23-9-10-32-27(33-23)19-5-4-6-21(12-19)28(29,30)31/h4-12,16,22,24-26H,13-15H2,1-3H3/t16-,22?,24-,25-,26-/m0/s1. The smallest absolute Gasteiger partial charge is 0.378 e. The largest absolute Gasteiger partial charge is 0.416 e. The Bertz CT molecular complexity index is 1250. The third kappa shape index (κ3) is 5.55. The van der Waals surface area contributed by atoms with E-state index in [1.807, 2.05) is 13.0 Å². The number of alkyl halides is 3. The summed E-state index contributed by atoms with van der Waals surface area (Å²) in [5.41, 5.74) is 3.46. The fourth-order valence-corrected chi connectivity index (χ4v) is 5.20. The van der Waals surface area contributed by atoms with Gasteiger partial charge in [0.25, 0.3) is 0 Å². The van der Waals surface area contributed by atoms with E-state index in [2.05, 4.69) is 22.1 Å². The zero-order valence-electron chi connectivity index (χ0n) is 20.9. The molecule has 0 spiro atoms. The first-order valence-electron chi connectivity index (χ1n) is 12.2. The molecule has 0 saturated carbocycles. The fourth-order valence-electron chi connectivity index (χ4n) is 5.20. The van der Waals surface area contributed by atoms with Crippen molar-refractivity contribution in [2.24, 2.45) is 0 Å². The molecule has 37 heavy (non-hydrogen) atoms. The van der Waals surface area contributed by atoms with Crippen LogP contribution in [0.4, 0.5) is 13.2 Å². The number of rotatable bonds is 6. The topological polar surface area (TPSA) is 62.7 Å². The molecule has 1 saturated heterocycles. The minimum atomic E-state index is -4.43. The first-order valence-corrected chi connectivity index (χ1v) is 12.2. The van der Waals surface area contributed by atoms with E-state index in [-0.39, 0.29) is 36.5 Å². The molecular weight excluding hydrogens is 485 g/mol. The van der Waals surface area contributed by atoms with Gasteiger partial charge in [0.1, 0.15) is 6.10 Å². The van der Waals surface area contributed by atoms with Crippen molar-refractivity contribution in [3.05, 3.63) is 71.4 Å². The Labute approximate surface area is 213 Å². The van der Waals surface area contributed by atoms with Crippen molar-refractivity contribution in [2.45, 2.75) is 63.1 Å². The molecule has 9 heteroatoms. The molecule has 1 aliphatic heterocycles. The van der Waals surface area contributed by atoms with Gasteiger partial charge in [-0.15, -0.1) is 0 Å². The van der Waals surface area contributed by atoms with Crippen LogP contribution in [0, 0.1) is 0 Å². The Hall–Kier alpha value is -2.85. The SMILES string of the molecule is CO[C@H]1[C@H](C)O[C@@H](OC2Cc3ccc(-c4ccnc(-c5cccc(C(F)(F)F)c5)n4)cc3C2)C[C@@H]1OC. The van der Waals surface area contributed by atoms with Gasteiger partial charge in [-0.1, -0.05) is 24.3 Å². The third-order valence-corrected chi connectivity index (χ3v) is 7.04. The van der Waals surface area contributed by atoms with Crippen molar-refractivity contribution in [2.75, 3.05) is 14.2 Å². The predicted octanol–water partition coefficient (Wildman–Crippen LogP) is 5.48. The highest BCUT2D eigenvalue weighted by Crippen LogP contribution is 2.34. The van der Waals surface area contributed by atoms with Crippen molar-refractivity contribution < 1.29 is 32.1 Å². The highest BCUT2D eigenvalue weighted by Gasteiger charge is 2.39. The molecule has 0 N–H and O–H groups in total. The number of fused-ring (bicyclic) bond motifs is 1. The number of hydrogen-bond donors (Lipinski definition) is 0. The summed E-state index contributed by atoms with van der Waals surface area (Å²) in [6.07, 6.45) is -1.54. The molecule has 5 atom stereocenters. The average Bonchev–Trinajstić information content (AvgIpc) is 3.29. The van der Waals surface area contributed by atoms with Crippen LogP contribution in [0.15, 0.2) is 54.7 Å². The Kier molecular flexibility index (Phi) is 7.31. The molecule has 6 nitrogen and oxygen atoms in total. The van der Waals surface area contributed by atoms with Crippen molar-refractivity contribution in [3.8, 4) is 22.6 Å². The number of nitrogens with zero attached hydrogens (tertiary/aromatic N) is 2. The van der Waals surface area contributed by atoms with E-state index in [4.69, 9.17) is 18.9 Å². The average molecular weight is 515 g/mol. The summed E-state index contributed by atoms with van der Waals surface area (Å²) in [6, 6.07) is 12.9. The van der Waals surface area contributed by atoms with Crippen LogP contribution in [-0.4, -0.2) is 54.9 Å². The number of methoxy groups -OCH3 is 2. The van der Waals surface area contributed by atoms with Gasteiger partial charge in [0.2, 0.25) is 0 Å². The van der Waals surface area contributed by atoms with Gasteiger partial charge in [0, 0.05) is 38.0 Å². The van der Waals surface area contributed by atoms with Crippen LogP contribution in [0.25, 0.3) is 22.6 Å². The van der Waals surface area contributed by atoms with Gasteiger partial charge in [-0.05, 0) is 55.2 Å². The van der Waals surface area contributed by atoms with E-state index in [1.165, 1.54) is 11.6 Å². The molecule has 196 valence electrons. The molecule has 0 amide bonds. The van der Waals surface area contributed by atoms with Crippen LogP contribution in [0.2, 0.25) is 0 Å². The molecule has 2 heterocycles. The zero-order valence-corrected chi connectivity index (χ0v) is 20.9. The van der Waals surface area contributed by atoms with E-state index in [9.17, 15) is 13.2 Å². The summed E-state index contributed by atoms with van der Waals surface area (Å²) in [5, 5.41) is 0. The van der Waals surface area contributed by atoms with Crippen LogP contribution in [0.5, 0.6) is 0 Å². The predicted molar refractivity (Wildman–Crippen MR) is 131 cm³/mol. The molecule has 5 rings (SSSR count). The van der Waals surface area contributed by atoms with Gasteiger partial charge in [-0.2, -0.15) is 13.2 Å². The quantitative estimate of drug-likeness (QED) is 0.434. The Morgan fingerprint density at radius 3 is 2.51 bits per heavy atom. The molecule has 1 aromatic heterocycles. The summed E-state index contributed by atoms with van der Waals surface area (Å²) in [7, 11) is 3.33. The van der Waals surface area contributed by atoms with Gasteiger partial charge in [0.05, 0.1) is 29.6 Å². The van der Waals surface area contributed by atoms with Crippen molar-refractivity contribution >= 4 is 0 Å². The van der Waals surface area contributed by atoms with Gasteiger partial charge >= 0.3 is 6.18 Å². The van der Waals surface area contributed by atoms with Crippen LogP contribution in [-0.2, 0) is 38.0 Å². The number of halogens is 3. The Morgan fingerprint density at radius 2 is 1.76 bits per heavy atom. The molecule has 1 fully saturated rings. The van der Waals surface area contributed by atoms with Crippen molar-refractivity contribution in [1.82, 2.24) is 9.97 Å². The van der Waals surface area contributed by atoms with Gasteiger partial charge in [0.15, 0.2) is 12.1 Å². The number of ether oxygens (including phenoxy) is 4. The van der Waals surface area contributed by atoms with Gasteiger partial charge in [-0.3, -0.25) is 0 Å². The highest BCUT2D eigenvalue weighted by molar-refractivity contribution is 5.65. The molecule has 0 radical (unpaired) electrons. The van der Waals surface area contributed by atoms with Crippen LogP contribution >= 0.6 is 0 Å². The summed E-state index contributed by atoms with van der Waals surface area (Å²) in [5.74, 6) is 0.246. The Morgan fingerprint density at radius 1 is 0.946 bits per heavy atom. The fraction of sp³-hybridized carbons (Fsp3) is 0.429. The first kappa shape index (κ1) is 25.8. The summed E-state index contributed by atoms with van der Waals surface area (Å²) < 4.78 is 62.9. The monoisotopic (exact) mass is 514 g/mol. The summed E-state index contributed by atoms with van der Waals surface area (Å²) >= 11 is 0. The lowest BCUT2D eigenvalue weighted by atomic mass is 10.0. The number of hydrogen-bond acceptors (Lipinski definition) is 6. The maximum Gasteiger partial charge on any atom is 0.416 e. The zero-order chi connectivity index (χ0) is 26.2. The lowest BCUT2D eigenvalue weighted by Gasteiger charge is -2.39. The van der Waals surface area contributed by atoms with Crippen LogP contribution in [0.1, 0.15) is 30.0 Å². The summed E-state index contributed by atoms with van der Waals surface area (Å²) in [4.78, 5) is 8.77.